The summed E-state index contributed by atoms with van der Waals surface area (Å²) in [6.45, 7) is -0.713. The second kappa shape index (κ2) is 8.42. The second-order valence-corrected chi connectivity index (χ2v) is 7.44. The summed E-state index contributed by atoms with van der Waals surface area (Å²) < 4.78 is 16.2. The molecule has 1 fully saturated rings. The standard InChI is InChI=1S/C21H20O12/c22-6-13-15(27)17(29)20(21(30)32-13)33-19-16(28)14-11(26)4-8(23)5-12(14)31-18(19)7-1-2-9(24)10(25)3-7/h1-5,13,15,17,20-27,29-30H,6H2/t13-,15+,17-,20+,21-/m0/s1. The van der Waals surface area contributed by atoms with E-state index in [0.29, 0.717) is 0 Å². The number of hydrogen-bond donors (Lipinski definition) is 8. The third kappa shape index (κ3) is 3.90. The van der Waals surface area contributed by atoms with E-state index >= 15 is 0 Å². The lowest BCUT2D eigenvalue weighted by molar-refractivity contribution is -0.280. The molecule has 12 nitrogen and oxygen atoms in total. The Bertz CT molecular complexity index is 1250. The Balaban J connectivity index is 1.91. The van der Waals surface area contributed by atoms with Crippen molar-refractivity contribution in [3.8, 4) is 40.1 Å². The summed E-state index contributed by atoms with van der Waals surface area (Å²) >= 11 is 0. The summed E-state index contributed by atoms with van der Waals surface area (Å²) in [4.78, 5) is 13.3. The van der Waals surface area contributed by atoms with Crippen LogP contribution in [0.3, 0.4) is 0 Å². The van der Waals surface area contributed by atoms with Crippen molar-refractivity contribution in [1.29, 1.82) is 0 Å². The van der Waals surface area contributed by atoms with Crippen LogP contribution in [0.4, 0.5) is 0 Å². The Morgan fingerprint density at radius 1 is 0.909 bits per heavy atom. The van der Waals surface area contributed by atoms with Crippen LogP contribution in [0.2, 0.25) is 0 Å². The first-order valence-electron chi connectivity index (χ1n) is 9.64. The van der Waals surface area contributed by atoms with Gasteiger partial charge in [0.15, 0.2) is 29.7 Å². The van der Waals surface area contributed by atoms with Gasteiger partial charge in [-0.2, -0.15) is 0 Å². The Morgan fingerprint density at radius 3 is 2.30 bits per heavy atom. The van der Waals surface area contributed by atoms with Crippen LogP contribution in [-0.4, -0.2) is 78.2 Å². The number of rotatable bonds is 4. The van der Waals surface area contributed by atoms with Crippen LogP contribution in [0.5, 0.6) is 28.7 Å². The number of ether oxygens (including phenoxy) is 2. The maximum absolute atomic E-state index is 13.3. The fourth-order valence-electron chi connectivity index (χ4n) is 3.57. The molecule has 4 rings (SSSR count). The third-order valence-corrected chi connectivity index (χ3v) is 5.25. The molecule has 1 aliphatic rings. The van der Waals surface area contributed by atoms with Crippen molar-refractivity contribution in [2.45, 2.75) is 30.7 Å². The fourth-order valence-corrected chi connectivity index (χ4v) is 3.57. The van der Waals surface area contributed by atoms with Crippen LogP contribution in [0, 0.1) is 0 Å². The van der Waals surface area contributed by atoms with Gasteiger partial charge in [0.2, 0.25) is 11.2 Å². The van der Waals surface area contributed by atoms with Crippen LogP contribution >= 0.6 is 0 Å². The minimum Gasteiger partial charge on any atom is -0.508 e. The molecule has 0 spiro atoms. The van der Waals surface area contributed by atoms with E-state index in [9.17, 15) is 45.6 Å². The summed E-state index contributed by atoms with van der Waals surface area (Å²) in [5.74, 6) is -3.10. The second-order valence-electron chi connectivity index (χ2n) is 7.44. The van der Waals surface area contributed by atoms with E-state index < -0.39 is 76.9 Å². The van der Waals surface area contributed by atoms with Crippen molar-refractivity contribution in [3.63, 3.8) is 0 Å². The zero-order valence-corrected chi connectivity index (χ0v) is 16.7. The lowest BCUT2D eigenvalue weighted by Gasteiger charge is -2.39. The number of phenolic OH excluding ortho intramolecular Hbond substituents is 4. The predicted octanol–water partition coefficient (Wildman–Crippen LogP) is -0.539. The topological polar surface area (TPSA) is 211 Å². The number of phenols is 4. The summed E-state index contributed by atoms with van der Waals surface area (Å²) in [6.07, 6.45) is -8.42. The van der Waals surface area contributed by atoms with Crippen molar-refractivity contribution in [2.24, 2.45) is 0 Å². The highest BCUT2D eigenvalue weighted by molar-refractivity contribution is 5.88. The first kappa shape index (κ1) is 22.6. The Labute approximate surface area is 184 Å². The monoisotopic (exact) mass is 464 g/mol. The van der Waals surface area contributed by atoms with Gasteiger partial charge in [0.05, 0.1) is 6.61 Å². The largest absolute Gasteiger partial charge is 0.508 e. The lowest BCUT2D eigenvalue weighted by Crippen LogP contribution is -2.60. The van der Waals surface area contributed by atoms with Crippen molar-refractivity contribution < 1.29 is 54.7 Å². The molecule has 33 heavy (non-hydrogen) atoms. The lowest BCUT2D eigenvalue weighted by atomic mass is 9.99. The molecule has 0 unspecified atom stereocenters. The first-order chi connectivity index (χ1) is 15.6. The van der Waals surface area contributed by atoms with Gasteiger partial charge < -0.3 is 54.7 Å². The van der Waals surface area contributed by atoms with Gasteiger partial charge >= 0.3 is 0 Å². The molecule has 12 heteroatoms. The molecule has 1 saturated heterocycles. The highest BCUT2D eigenvalue weighted by atomic mass is 16.7. The van der Waals surface area contributed by atoms with Crippen LogP contribution in [-0.2, 0) is 4.74 Å². The van der Waals surface area contributed by atoms with Crippen molar-refractivity contribution in [1.82, 2.24) is 0 Å². The Kier molecular flexibility index (Phi) is 5.78. The summed E-state index contributed by atoms with van der Waals surface area (Å²) in [5.41, 5.74) is -1.22. The average molecular weight is 464 g/mol. The van der Waals surface area contributed by atoms with Gasteiger partial charge in [-0.25, -0.2) is 0 Å². The Hall–Kier alpha value is -3.55. The van der Waals surface area contributed by atoms with Crippen LogP contribution in [0.15, 0.2) is 39.5 Å². The average Bonchev–Trinajstić information content (AvgIpc) is 2.76. The Morgan fingerprint density at radius 2 is 1.64 bits per heavy atom. The maximum Gasteiger partial charge on any atom is 0.239 e. The van der Waals surface area contributed by atoms with E-state index in [1.165, 1.54) is 6.07 Å². The first-order valence-corrected chi connectivity index (χ1v) is 9.64. The molecular weight excluding hydrogens is 444 g/mol. The molecular formula is C21H20O12. The van der Waals surface area contributed by atoms with E-state index in [0.717, 1.165) is 24.3 Å². The van der Waals surface area contributed by atoms with E-state index in [1.54, 1.807) is 0 Å². The molecule has 2 aromatic carbocycles. The van der Waals surface area contributed by atoms with E-state index in [4.69, 9.17) is 13.9 Å². The zero-order chi connectivity index (χ0) is 24.0. The van der Waals surface area contributed by atoms with E-state index in [2.05, 4.69) is 0 Å². The normalized spacial score (nSPS) is 25.3. The van der Waals surface area contributed by atoms with Crippen LogP contribution < -0.4 is 10.2 Å². The molecule has 3 aromatic rings. The molecule has 0 bridgehead atoms. The smallest absolute Gasteiger partial charge is 0.239 e. The van der Waals surface area contributed by atoms with Crippen LogP contribution in [0.25, 0.3) is 22.3 Å². The zero-order valence-electron chi connectivity index (χ0n) is 16.7. The van der Waals surface area contributed by atoms with E-state index in [1.807, 2.05) is 0 Å². The molecule has 0 radical (unpaired) electrons. The summed E-state index contributed by atoms with van der Waals surface area (Å²) in [7, 11) is 0. The number of aliphatic hydroxyl groups is 4. The molecule has 1 aliphatic heterocycles. The summed E-state index contributed by atoms with van der Waals surface area (Å²) in [6, 6.07) is 5.33. The number of aromatic hydroxyl groups is 4. The molecule has 0 aliphatic carbocycles. The van der Waals surface area contributed by atoms with Gasteiger partial charge in [0, 0.05) is 17.7 Å². The molecule has 0 amide bonds. The van der Waals surface area contributed by atoms with Crippen molar-refractivity contribution in [2.75, 3.05) is 6.61 Å². The SMILES string of the molecule is O=c1c(O[C@@H]2[C@@H](O)[C@H](O)[C@H](CO)O[C@@H]2O)c(-c2ccc(O)c(O)c2)oc2cc(O)cc(O)c12. The maximum atomic E-state index is 13.3. The van der Waals surface area contributed by atoms with Crippen molar-refractivity contribution >= 4 is 11.0 Å². The molecule has 0 saturated carbocycles. The highest BCUT2D eigenvalue weighted by Gasteiger charge is 2.46. The van der Waals surface area contributed by atoms with Gasteiger partial charge in [0.25, 0.3) is 0 Å². The molecule has 2 heterocycles. The molecule has 176 valence electrons. The number of benzene rings is 2. The number of aliphatic hydroxyl groups excluding tert-OH is 4. The minimum atomic E-state index is -1.88. The highest BCUT2D eigenvalue weighted by Crippen LogP contribution is 2.39. The summed E-state index contributed by atoms with van der Waals surface area (Å²) in [5, 5.41) is 79.0. The van der Waals surface area contributed by atoms with Gasteiger partial charge in [0.1, 0.15) is 40.8 Å². The predicted molar refractivity (Wildman–Crippen MR) is 109 cm³/mol. The molecule has 8 N–H and O–H groups in total. The van der Waals surface area contributed by atoms with Crippen molar-refractivity contribution in [3.05, 3.63) is 40.6 Å². The van der Waals surface area contributed by atoms with Gasteiger partial charge in [-0.1, -0.05) is 0 Å². The van der Waals surface area contributed by atoms with Crippen LogP contribution in [0.1, 0.15) is 0 Å². The third-order valence-electron chi connectivity index (χ3n) is 5.25. The van der Waals surface area contributed by atoms with Gasteiger partial charge in [-0.3, -0.25) is 4.79 Å². The quantitative estimate of drug-likeness (QED) is 0.229. The van der Waals surface area contributed by atoms with E-state index in [-0.39, 0.29) is 16.9 Å². The number of hydrogen-bond acceptors (Lipinski definition) is 12. The van der Waals surface area contributed by atoms with Gasteiger partial charge in [-0.15, -0.1) is 0 Å². The molecule has 5 atom stereocenters. The number of fused-ring (bicyclic) bond motifs is 1. The molecule has 1 aromatic heterocycles. The minimum absolute atomic E-state index is 0.0108. The van der Waals surface area contributed by atoms with Gasteiger partial charge in [-0.05, 0) is 18.2 Å². The fraction of sp³-hybridized carbons (Fsp3) is 0.286.